The molecule has 3 aromatic carbocycles. The summed E-state index contributed by atoms with van der Waals surface area (Å²) in [5.74, 6) is -0.314. The van der Waals surface area contributed by atoms with E-state index in [1.165, 1.54) is 4.90 Å². The predicted octanol–water partition coefficient (Wildman–Crippen LogP) is 3.54. The molecule has 0 unspecified atom stereocenters. The molecule has 9 heteroatoms. The molecule has 38 heavy (non-hydrogen) atoms. The monoisotopic (exact) mass is 531 g/mol. The Bertz CT molecular complexity index is 1610. The number of methoxy groups -OCH3 is 1. The lowest BCUT2D eigenvalue weighted by molar-refractivity contribution is -0.127. The number of para-hydroxylation sites is 1. The molecule has 0 saturated carbocycles. The van der Waals surface area contributed by atoms with E-state index >= 15 is 0 Å². The van der Waals surface area contributed by atoms with Gasteiger partial charge in [-0.15, -0.1) is 0 Å². The largest absolute Gasteiger partial charge is 0.497 e. The molecule has 2 N–H and O–H groups in total. The van der Waals surface area contributed by atoms with Gasteiger partial charge in [0.25, 0.3) is 0 Å². The number of hydrogen-bond donors (Lipinski definition) is 2. The molecule has 0 saturated heterocycles. The second-order valence-corrected chi connectivity index (χ2v) is 11.6. The molecule has 2 heterocycles. The van der Waals surface area contributed by atoms with Crippen LogP contribution in [0.15, 0.2) is 72.8 Å². The smallest absolute Gasteiger partial charge is 0.249 e. The molecular formula is C29H29N3O5S. The number of nitrogens with one attached hydrogen (secondary N) is 2. The van der Waals surface area contributed by atoms with Crippen molar-refractivity contribution in [2.45, 2.75) is 30.4 Å². The van der Waals surface area contributed by atoms with Gasteiger partial charge < -0.3 is 19.9 Å². The topological polar surface area (TPSA) is 109 Å². The van der Waals surface area contributed by atoms with Crippen LogP contribution in [0.3, 0.4) is 0 Å². The van der Waals surface area contributed by atoms with Gasteiger partial charge in [-0.2, -0.15) is 0 Å². The number of amides is 2. The number of fused-ring (bicyclic) bond motifs is 5. The van der Waals surface area contributed by atoms with Crippen LogP contribution in [-0.2, 0) is 43.8 Å². The third-order valence-corrected chi connectivity index (χ3v) is 8.35. The average molecular weight is 532 g/mol. The molecule has 196 valence electrons. The van der Waals surface area contributed by atoms with Crippen molar-refractivity contribution in [1.82, 2.24) is 10.3 Å². The summed E-state index contributed by atoms with van der Waals surface area (Å²) in [5.41, 5.74) is 3.95. The van der Waals surface area contributed by atoms with Crippen molar-refractivity contribution in [1.29, 1.82) is 0 Å². The molecule has 1 aliphatic heterocycles. The van der Waals surface area contributed by atoms with Gasteiger partial charge >= 0.3 is 0 Å². The third-order valence-electron chi connectivity index (χ3n) is 6.85. The number of likely N-dealkylation sites (N-methyl/N-ethyl adjacent to an activating group) is 1. The fraction of sp³-hybridized carbons (Fsp3) is 0.241. The highest BCUT2D eigenvalue weighted by Gasteiger charge is 2.28. The molecule has 0 aliphatic carbocycles. The van der Waals surface area contributed by atoms with Crippen LogP contribution in [0.4, 0.5) is 5.69 Å². The molecule has 2 bridgehead atoms. The van der Waals surface area contributed by atoms with Crippen LogP contribution >= 0.6 is 0 Å². The summed E-state index contributed by atoms with van der Waals surface area (Å²) < 4.78 is 31.6. The van der Waals surface area contributed by atoms with Crippen molar-refractivity contribution in [2.75, 3.05) is 19.1 Å². The first kappa shape index (κ1) is 25.5. The van der Waals surface area contributed by atoms with E-state index in [0.29, 0.717) is 28.3 Å². The SMILES string of the molecule is COc1ccc(N(C)C(=O)[C@@H]2Cc3cccc(c3)CS(=O)(=O)Cc3[nH]c4ccccc4c3CC(=O)N2)cc1. The highest BCUT2D eigenvalue weighted by Crippen LogP contribution is 2.26. The summed E-state index contributed by atoms with van der Waals surface area (Å²) in [5, 5.41) is 3.73. The first-order chi connectivity index (χ1) is 18.2. The Hall–Kier alpha value is -4.11. The number of rotatable bonds is 3. The zero-order chi connectivity index (χ0) is 26.9. The van der Waals surface area contributed by atoms with E-state index in [-0.39, 0.29) is 36.2 Å². The van der Waals surface area contributed by atoms with E-state index in [4.69, 9.17) is 4.74 Å². The number of nitrogens with zero attached hydrogens (tertiary/aromatic N) is 1. The summed E-state index contributed by atoms with van der Waals surface area (Å²) in [4.78, 5) is 31.8. The van der Waals surface area contributed by atoms with Crippen molar-refractivity contribution >= 4 is 38.2 Å². The summed E-state index contributed by atoms with van der Waals surface area (Å²) >= 11 is 0. The van der Waals surface area contributed by atoms with Crippen molar-refractivity contribution < 1.29 is 22.7 Å². The Balaban J connectivity index is 1.54. The number of H-pyrrole nitrogens is 1. The predicted molar refractivity (Wildman–Crippen MR) is 147 cm³/mol. The number of sulfone groups is 1. The van der Waals surface area contributed by atoms with Gasteiger partial charge in [0, 0.05) is 35.8 Å². The fourth-order valence-corrected chi connectivity index (χ4v) is 6.44. The zero-order valence-electron chi connectivity index (χ0n) is 21.2. The van der Waals surface area contributed by atoms with E-state index in [0.717, 1.165) is 16.5 Å². The van der Waals surface area contributed by atoms with Gasteiger partial charge in [-0.3, -0.25) is 9.59 Å². The molecule has 0 fully saturated rings. The second-order valence-electron chi connectivity index (χ2n) is 9.58. The molecule has 0 spiro atoms. The van der Waals surface area contributed by atoms with Crippen molar-refractivity contribution in [3.05, 3.63) is 95.2 Å². The van der Waals surface area contributed by atoms with Crippen LogP contribution in [0, 0.1) is 0 Å². The number of carbonyl (C=O) groups excluding carboxylic acids is 2. The van der Waals surface area contributed by atoms with Gasteiger partial charge in [0.2, 0.25) is 11.8 Å². The van der Waals surface area contributed by atoms with Crippen LogP contribution in [0.5, 0.6) is 5.75 Å². The van der Waals surface area contributed by atoms with E-state index in [1.54, 1.807) is 56.6 Å². The van der Waals surface area contributed by atoms with Gasteiger partial charge in [-0.25, -0.2) is 8.42 Å². The van der Waals surface area contributed by atoms with E-state index in [9.17, 15) is 18.0 Å². The first-order valence-electron chi connectivity index (χ1n) is 12.3. The summed E-state index contributed by atoms with van der Waals surface area (Å²) in [7, 11) is -0.292. The first-order valence-corrected chi connectivity index (χ1v) is 14.1. The number of aromatic amines is 1. The number of carbonyl (C=O) groups is 2. The fourth-order valence-electron chi connectivity index (χ4n) is 4.96. The number of benzene rings is 3. The minimum atomic E-state index is -3.53. The Labute approximate surface area is 221 Å². The third kappa shape index (κ3) is 5.43. The standard InChI is InChI=1S/C29H29N3O5S/c1-32(21-10-12-22(37-2)13-11-21)29(34)26-15-19-6-5-7-20(14-19)17-38(35,36)18-27-24(16-28(33)31-26)23-8-3-4-9-25(23)30-27/h3-14,26,30H,15-18H2,1-2H3,(H,31,33)/t26-/m0/s1. The maximum Gasteiger partial charge on any atom is 0.249 e. The summed E-state index contributed by atoms with van der Waals surface area (Å²) in [6.45, 7) is 0. The minimum absolute atomic E-state index is 0.0531. The van der Waals surface area contributed by atoms with Crippen molar-refractivity contribution in [3.8, 4) is 5.75 Å². The lowest BCUT2D eigenvalue weighted by Gasteiger charge is -2.25. The maximum absolute atomic E-state index is 13.7. The number of anilines is 1. The van der Waals surface area contributed by atoms with Crippen LogP contribution in [0.1, 0.15) is 22.4 Å². The van der Waals surface area contributed by atoms with Crippen LogP contribution < -0.4 is 15.0 Å². The average Bonchev–Trinajstić information content (AvgIpc) is 3.22. The molecule has 1 atom stereocenters. The molecular weight excluding hydrogens is 502 g/mol. The Morgan fingerprint density at radius 1 is 0.974 bits per heavy atom. The van der Waals surface area contributed by atoms with Gasteiger partial charge in [0.15, 0.2) is 9.84 Å². The van der Waals surface area contributed by atoms with Crippen LogP contribution in [0.25, 0.3) is 10.9 Å². The lowest BCUT2D eigenvalue weighted by Crippen LogP contribution is -2.49. The number of hydrogen-bond acceptors (Lipinski definition) is 5. The molecule has 0 radical (unpaired) electrons. The summed E-state index contributed by atoms with van der Waals surface area (Å²) in [6.07, 6.45) is 0.169. The van der Waals surface area contributed by atoms with Gasteiger partial charge in [-0.05, 0) is 47.0 Å². The quantitative estimate of drug-likeness (QED) is 0.421. The maximum atomic E-state index is 13.7. The highest BCUT2D eigenvalue weighted by molar-refractivity contribution is 7.89. The molecule has 4 aromatic rings. The van der Waals surface area contributed by atoms with Crippen molar-refractivity contribution in [2.24, 2.45) is 0 Å². The normalized spacial score (nSPS) is 17.3. The number of ether oxygens (including phenoxy) is 1. The Kier molecular flexibility index (Phi) is 6.94. The van der Waals surface area contributed by atoms with E-state index < -0.39 is 15.9 Å². The van der Waals surface area contributed by atoms with E-state index in [2.05, 4.69) is 10.3 Å². The molecule has 8 nitrogen and oxygen atoms in total. The zero-order valence-corrected chi connectivity index (χ0v) is 22.0. The molecule has 2 amide bonds. The highest BCUT2D eigenvalue weighted by atomic mass is 32.2. The van der Waals surface area contributed by atoms with Gasteiger partial charge in [0.1, 0.15) is 11.8 Å². The van der Waals surface area contributed by atoms with Gasteiger partial charge in [0.05, 0.1) is 25.0 Å². The molecule has 5 rings (SSSR count). The number of aromatic nitrogens is 1. The van der Waals surface area contributed by atoms with E-state index in [1.807, 2.05) is 30.3 Å². The Morgan fingerprint density at radius 3 is 2.47 bits per heavy atom. The van der Waals surface area contributed by atoms with Gasteiger partial charge in [-0.1, -0.05) is 42.5 Å². The van der Waals surface area contributed by atoms with Crippen LogP contribution in [0.2, 0.25) is 0 Å². The minimum Gasteiger partial charge on any atom is -0.497 e. The van der Waals surface area contributed by atoms with Crippen LogP contribution in [-0.4, -0.2) is 45.4 Å². The Morgan fingerprint density at radius 2 is 1.71 bits per heavy atom. The molecule has 1 aromatic heterocycles. The van der Waals surface area contributed by atoms with Crippen molar-refractivity contribution in [3.63, 3.8) is 0 Å². The lowest BCUT2D eigenvalue weighted by atomic mass is 10.0. The second kappa shape index (κ2) is 10.3. The molecule has 1 aliphatic rings. The summed E-state index contributed by atoms with van der Waals surface area (Å²) in [6, 6.07) is 20.9.